The fraction of sp³-hybridized carbons (Fsp3) is 0.464. The van der Waals surface area contributed by atoms with Gasteiger partial charge >= 0.3 is 12.1 Å². The molecule has 7 nitrogen and oxygen atoms in total. The van der Waals surface area contributed by atoms with Crippen LogP contribution in [0.2, 0.25) is 0 Å². The summed E-state index contributed by atoms with van der Waals surface area (Å²) < 4.78 is 5.64. The molecular weight excluding hydrogens is 444 g/mol. The predicted molar refractivity (Wildman–Crippen MR) is 133 cm³/mol. The van der Waals surface area contributed by atoms with E-state index < -0.39 is 18.0 Å². The average Bonchev–Trinajstić information content (AvgIpc) is 3.17. The normalized spacial score (nSPS) is 19.8. The van der Waals surface area contributed by atoms with E-state index in [1.165, 1.54) is 11.1 Å². The van der Waals surface area contributed by atoms with Crippen molar-refractivity contribution in [2.45, 2.75) is 69.9 Å². The maximum absolute atomic E-state index is 12.7. The van der Waals surface area contributed by atoms with Gasteiger partial charge in [0, 0.05) is 24.4 Å². The number of carboxylic acids is 1. The van der Waals surface area contributed by atoms with Gasteiger partial charge in [0.15, 0.2) is 0 Å². The van der Waals surface area contributed by atoms with E-state index in [1.54, 1.807) is 0 Å². The number of alkyl carbamates (subject to hydrolysis) is 1. The molecule has 4 rings (SSSR count). The number of rotatable bonds is 9. The third kappa shape index (κ3) is 5.84. The summed E-state index contributed by atoms with van der Waals surface area (Å²) in [6, 6.07) is 15.6. The Morgan fingerprint density at radius 1 is 1.00 bits per heavy atom. The first-order chi connectivity index (χ1) is 17.0. The lowest BCUT2D eigenvalue weighted by molar-refractivity contribution is -0.144. The Hall–Kier alpha value is -3.35. The van der Waals surface area contributed by atoms with Crippen LogP contribution in [0, 0.1) is 5.92 Å². The molecule has 2 aromatic carbocycles. The lowest BCUT2D eigenvalue weighted by Crippen LogP contribution is -2.47. The molecule has 0 saturated heterocycles. The number of benzene rings is 2. The molecule has 2 aromatic rings. The number of nitrogens with one attached hydrogen (secondary N) is 2. The van der Waals surface area contributed by atoms with Crippen molar-refractivity contribution in [1.82, 2.24) is 10.6 Å². The lowest BCUT2D eigenvalue weighted by atomic mass is 9.84. The summed E-state index contributed by atoms with van der Waals surface area (Å²) in [4.78, 5) is 36.9. The number of ether oxygens (including phenoxy) is 1. The summed E-state index contributed by atoms with van der Waals surface area (Å²) in [7, 11) is 0. The van der Waals surface area contributed by atoms with Crippen LogP contribution >= 0.6 is 0 Å². The molecule has 0 radical (unpaired) electrons. The Morgan fingerprint density at radius 2 is 1.63 bits per heavy atom. The molecule has 35 heavy (non-hydrogen) atoms. The molecule has 1 fully saturated rings. The van der Waals surface area contributed by atoms with Crippen molar-refractivity contribution >= 4 is 18.0 Å². The van der Waals surface area contributed by atoms with Crippen molar-refractivity contribution in [2.75, 3.05) is 6.61 Å². The van der Waals surface area contributed by atoms with E-state index in [0.29, 0.717) is 19.3 Å². The van der Waals surface area contributed by atoms with Crippen LogP contribution in [0.4, 0.5) is 4.79 Å². The predicted octanol–water partition coefficient (Wildman–Crippen LogP) is 4.84. The number of fused-ring (bicyclic) bond motifs is 3. The zero-order valence-electron chi connectivity index (χ0n) is 20.2. The van der Waals surface area contributed by atoms with E-state index in [0.717, 1.165) is 30.4 Å². The van der Waals surface area contributed by atoms with Gasteiger partial charge in [-0.3, -0.25) is 9.59 Å². The first kappa shape index (κ1) is 24.8. The Bertz CT molecular complexity index is 1020. The van der Waals surface area contributed by atoms with Crippen molar-refractivity contribution in [3.05, 3.63) is 59.7 Å². The molecular formula is C28H34N2O5. The maximum atomic E-state index is 12.7. The number of carbonyl (C=O) groups excluding carboxylic acids is 2. The summed E-state index contributed by atoms with van der Waals surface area (Å²) in [5.41, 5.74) is 4.62. The Balaban J connectivity index is 1.33. The maximum Gasteiger partial charge on any atom is 0.407 e. The summed E-state index contributed by atoms with van der Waals surface area (Å²) in [6.07, 6.45) is 4.00. The Labute approximate surface area is 206 Å². The highest BCUT2D eigenvalue weighted by molar-refractivity contribution is 5.80. The molecule has 3 unspecified atom stereocenters. The lowest BCUT2D eigenvalue weighted by Gasteiger charge is -2.30. The second kappa shape index (κ2) is 11.4. The monoisotopic (exact) mass is 478 g/mol. The molecule has 0 bridgehead atoms. The van der Waals surface area contributed by atoms with Gasteiger partial charge < -0.3 is 20.5 Å². The van der Waals surface area contributed by atoms with Gasteiger partial charge in [-0.05, 0) is 41.5 Å². The third-order valence-electron chi connectivity index (χ3n) is 7.16. The quantitative estimate of drug-likeness (QED) is 0.478. The molecule has 1 saturated carbocycles. The second-order valence-electron chi connectivity index (χ2n) is 9.56. The zero-order valence-corrected chi connectivity index (χ0v) is 20.2. The Kier molecular flexibility index (Phi) is 8.06. The molecule has 7 heteroatoms. The Morgan fingerprint density at radius 3 is 2.26 bits per heavy atom. The highest BCUT2D eigenvalue weighted by atomic mass is 16.5. The molecule has 2 amide bonds. The number of hydrogen-bond donors (Lipinski definition) is 3. The van der Waals surface area contributed by atoms with Crippen molar-refractivity contribution in [3.8, 4) is 11.1 Å². The van der Waals surface area contributed by atoms with Gasteiger partial charge in [-0.1, -0.05) is 74.7 Å². The smallest absolute Gasteiger partial charge is 0.407 e. The molecule has 186 valence electrons. The minimum atomic E-state index is -0.864. The van der Waals surface area contributed by atoms with Crippen LogP contribution in [0.5, 0.6) is 0 Å². The van der Waals surface area contributed by atoms with Gasteiger partial charge in [0.25, 0.3) is 0 Å². The van der Waals surface area contributed by atoms with Gasteiger partial charge in [0.2, 0.25) is 5.91 Å². The highest BCUT2D eigenvalue weighted by Gasteiger charge is 2.33. The summed E-state index contributed by atoms with van der Waals surface area (Å²) in [6.45, 7) is 2.21. The van der Waals surface area contributed by atoms with E-state index in [2.05, 4.69) is 34.9 Å². The molecule has 2 aliphatic carbocycles. The van der Waals surface area contributed by atoms with E-state index >= 15 is 0 Å². The first-order valence-corrected chi connectivity index (χ1v) is 12.6. The second-order valence-corrected chi connectivity index (χ2v) is 9.56. The van der Waals surface area contributed by atoms with Crippen LogP contribution in [0.3, 0.4) is 0 Å². The van der Waals surface area contributed by atoms with Crippen molar-refractivity contribution < 1.29 is 24.2 Å². The van der Waals surface area contributed by atoms with Gasteiger partial charge in [0.1, 0.15) is 6.61 Å². The number of aliphatic carboxylic acids is 1. The summed E-state index contributed by atoms with van der Waals surface area (Å²) in [5.74, 6) is -1.68. The van der Waals surface area contributed by atoms with Crippen LogP contribution in [0.25, 0.3) is 11.1 Å². The standard InChI is InChI=1S/C28H34N2O5/c1-2-9-18(16-26(31)30-25-15-8-7-14-23(25)27(32)33)29-28(34)35-17-24-21-12-5-3-10-19(21)20-11-4-6-13-22(20)24/h3-6,10-13,18,23-25H,2,7-9,14-17H2,1H3,(H,29,34)(H,30,31)(H,32,33). The average molecular weight is 479 g/mol. The third-order valence-corrected chi connectivity index (χ3v) is 7.16. The van der Waals surface area contributed by atoms with Gasteiger partial charge in [-0.25, -0.2) is 4.79 Å². The van der Waals surface area contributed by atoms with E-state index in [1.807, 2.05) is 31.2 Å². The van der Waals surface area contributed by atoms with Gasteiger partial charge in [-0.15, -0.1) is 0 Å². The number of amides is 2. The molecule has 2 aliphatic rings. The molecule has 0 aliphatic heterocycles. The minimum absolute atomic E-state index is 0.0275. The molecule has 3 atom stereocenters. The fourth-order valence-electron chi connectivity index (χ4n) is 5.47. The molecule has 3 N–H and O–H groups in total. The van der Waals surface area contributed by atoms with Crippen molar-refractivity contribution in [1.29, 1.82) is 0 Å². The minimum Gasteiger partial charge on any atom is -0.481 e. The van der Waals surface area contributed by atoms with Crippen LogP contribution in [0.1, 0.15) is 68.9 Å². The van der Waals surface area contributed by atoms with Crippen LogP contribution in [0.15, 0.2) is 48.5 Å². The van der Waals surface area contributed by atoms with Crippen LogP contribution in [-0.2, 0) is 14.3 Å². The number of carbonyl (C=O) groups is 3. The largest absolute Gasteiger partial charge is 0.481 e. The molecule has 0 heterocycles. The first-order valence-electron chi connectivity index (χ1n) is 12.6. The number of hydrogen-bond acceptors (Lipinski definition) is 4. The SMILES string of the molecule is CCCC(CC(=O)NC1CCCCC1C(=O)O)NC(=O)OCC1c2ccccc2-c2ccccc21. The van der Waals surface area contributed by atoms with E-state index in [9.17, 15) is 19.5 Å². The van der Waals surface area contributed by atoms with Crippen LogP contribution in [-0.4, -0.2) is 41.8 Å². The number of carboxylic acid groups (broad SMARTS) is 1. The molecule has 0 aromatic heterocycles. The van der Waals surface area contributed by atoms with Gasteiger partial charge in [0.05, 0.1) is 5.92 Å². The van der Waals surface area contributed by atoms with Crippen molar-refractivity contribution in [3.63, 3.8) is 0 Å². The van der Waals surface area contributed by atoms with Crippen LogP contribution < -0.4 is 10.6 Å². The topological polar surface area (TPSA) is 105 Å². The molecule has 0 spiro atoms. The van der Waals surface area contributed by atoms with E-state index in [-0.39, 0.29) is 36.9 Å². The summed E-state index contributed by atoms with van der Waals surface area (Å²) in [5, 5.41) is 15.2. The van der Waals surface area contributed by atoms with E-state index in [4.69, 9.17) is 4.74 Å². The fourth-order valence-corrected chi connectivity index (χ4v) is 5.47. The van der Waals surface area contributed by atoms with Gasteiger partial charge in [-0.2, -0.15) is 0 Å². The summed E-state index contributed by atoms with van der Waals surface area (Å²) >= 11 is 0. The zero-order chi connectivity index (χ0) is 24.8. The van der Waals surface area contributed by atoms with Crippen molar-refractivity contribution in [2.24, 2.45) is 5.92 Å². The highest BCUT2D eigenvalue weighted by Crippen LogP contribution is 2.44.